The molecule has 160 valence electrons. The second kappa shape index (κ2) is 9.37. The maximum atomic E-state index is 13.3. The fourth-order valence-electron chi connectivity index (χ4n) is 4.30. The number of carbonyl (C=O) groups excluding carboxylic acids is 2. The number of anilines is 1. The van der Waals surface area contributed by atoms with Crippen molar-refractivity contribution in [2.75, 3.05) is 37.9 Å². The molecule has 2 atom stereocenters. The highest BCUT2D eigenvalue weighted by atomic mass is 16.7. The van der Waals surface area contributed by atoms with E-state index >= 15 is 0 Å². The van der Waals surface area contributed by atoms with Crippen LogP contribution in [0.5, 0.6) is 11.5 Å². The van der Waals surface area contributed by atoms with Gasteiger partial charge in [-0.25, -0.2) is 0 Å². The van der Waals surface area contributed by atoms with Gasteiger partial charge in [0, 0.05) is 49.8 Å². The summed E-state index contributed by atoms with van der Waals surface area (Å²) in [5.41, 5.74) is 6.74. The van der Waals surface area contributed by atoms with Gasteiger partial charge in [0.15, 0.2) is 11.5 Å². The highest BCUT2D eigenvalue weighted by Crippen LogP contribution is 2.36. The van der Waals surface area contributed by atoms with Crippen molar-refractivity contribution in [1.29, 1.82) is 0 Å². The van der Waals surface area contributed by atoms with Gasteiger partial charge in [-0.05, 0) is 30.9 Å². The van der Waals surface area contributed by atoms with Crippen LogP contribution in [-0.2, 0) is 9.59 Å². The van der Waals surface area contributed by atoms with E-state index in [4.69, 9.17) is 15.2 Å². The Morgan fingerprint density at radius 2 is 1.76 bits per heavy atom. The van der Waals surface area contributed by atoms with Crippen molar-refractivity contribution in [1.82, 2.24) is 4.90 Å². The lowest BCUT2D eigenvalue weighted by Crippen LogP contribution is -2.52. The number of amides is 2. The predicted octanol–water partition coefficient (Wildman–Crippen LogP) is 2.63. The number of primary amides is 1. The first-order valence-electron chi connectivity index (χ1n) is 10.6. The monoisotopic (exact) mass is 403 g/mol. The van der Waals surface area contributed by atoms with Gasteiger partial charge in [0.2, 0.25) is 18.6 Å². The molecule has 0 saturated carbocycles. The summed E-state index contributed by atoms with van der Waals surface area (Å²) in [4.78, 5) is 29.5. The Morgan fingerprint density at radius 1 is 1.07 bits per heavy atom. The number of rotatable bonds is 8. The maximum Gasteiger partial charge on any atom is 0.231 e. The summed E-state index contributed by atoms with van der Waals surface area (Å²) in [5.74, 6) is 0.865. The van der Waals surface area contributed by atoms with Crippen molar-refractivity contribution in [2.45, 2.75) is 40.0 Å². The molecule has 7 nitrogen and oxygen atoms in total. The average Bonchev–Trinajstić information content (AvgIpc) is 3.17. The lowest BCUT2D eigenvalue weighted by atomic mass is 9.81. The van der Waals surface area contributed by atoms with Crippen molar-refractivity contribution in [2.24, 2.45) is 23.5 Å². The van der Waals surface area contributed by atoms with Crippen LogP contribution in [-0.4, -0.2) is 49.7 Å². The lowest BCUT2D eigenvalue weighted by Gasteiger charge is -2.39. The van der Waals surface area contributed by atoms with Crippen LogP contribution in [0.25, 0.3) is 0 Å². The molecule has 0 unspecified atom stereocenters. The fourth-order valence-corrected chi connectivity index (χ4v) is 4.30. The largest absolute Gasteiger partial charge is 0.454 e. The summed E-state index contributed by atoms with van der Waals surface area (Å²) in [6.07, 6.45) is 2.19. The van der Waals surface area contributed by atoms with E-state index in [9.17, 15) is 9.59 Å². The molecule has 7 heteroatoms. The van der Waals surface area contributed by atoms with Gasteiger partial charge < -0.3 is 25.0 Å². The number of benzene rings is 1. The van der Waals surface area contributed by atoms with Crippen molar-refractivity contribution in [3.63, 3.8) is 0 Å². The zero-order valence-corrected chi connectivity index (χ0v) is 17.7. The molecule has 0 spiro atoms. The van der Waals surface area contributed by atoms with Gasteiger partial charge in [-0.2, -0.15) is 0 Å². The molecule has 2 amide bonds. The zero-order valence-electron chi connectivity index (χ0n) is 17.7. The summed E-state index contributed by atoms with van der Waals surface area (Å²) in [7, 11) is 0. The Kier molecular flexibility index (Phi) is 6.87. The maximum absolute atomic E-state index is 13.3. The molecule has 0 bridgehead atoms. The van der Waals surface area contributed by atoms with E-state index in [1.165, 1.54) is 0 Å². The summed E-state index contributed by atoms with van der Waals surface area (Å²) >= 11 is 0. The van der Waals surface area contributed by atoms with Crippen molar-refractivity contribution < 1.29 is 19.1 Å². The van der Waals surface area contributed by atoms with Crippen LogP contribution in [0.4, 0.5) is 5.69 Å². The molecule has 1 aromatic carbocycles. The van der Waals surface area contributed by atoms with Crippen LogP contribution >= 0.6 is 0 Å². The Morgan fingerprint density at radius 3 is 2.38 bits per heavy atom. The van der Waals surface area contributed by atoms with Gasteiger partial charge in [0.25, 0.3) is 0 Å². The van der Waals surface area contributed by atoms with Gasteiger partial charge in [-0.15, -0.1) is 0 Å². The van der Waals surface area contributed by atoms with Crippen LogP contribution in [0.2, 0.25) is 0 Å². The normalized spacial score (nSPS) is 18.1. The molecule has 1 saturated heterocycles. The van der Waals surface area contributed by atoms with Crippen LogP contribution in [0.15, 0.2) is 18.2 Å². The van der Waals surface area contributed by atoms with E-state index in [-0.39, 0.29) is 30.4 Å². The molecule has 2 heterocycles. The molecular weight excluding hydrogens is 370 g/mol. The molecule has 3 rings (SSSR count). The third-order valence-corrected chi connectivity index (χ3v) is 5.81. The Labute approximate surface area is 173 Å². The number of fused-ring (bicyclic) bond motifs is 1. The summed E-state index contributed by atoms with van der Waals surface area (Å²) in [5, 5.41) is 0. The minimum atomic E-state index is -0.387. The molecule has 0 aliphatic carbocycles. The van der Waals surface area contributed by atoms with Crippen LogP contribution < -0.4 is 20.1 Å². The average molecular weight is 404 g/mol. The lowest BCUT2D eigenvalue weighted by molar-refractivity contribution is -0.142. The van der Waals surface area contributed by atoms with Gasteiger partial charge in [-0.1, -0.05) is 27.2 Å². The first-order valence-corrected chi connectivity index (χ1v) is 10.6. The fraction of sp³-hybridized carbons (Fsp3) is 0.636. The summed E-state index contributed by atoms with van der Waals surface area (Å²) in [6.45, 7) is 9.22. The first kappa shape index (κ1) is 21.3. The number of ether oxygens (including phenoxy) is 2. The zero-order chi connectivity index (χ0) is 21.0. The van der Waals surface area contributed by atoms with Crippen molar-refractivity contribution in [3.8, 4) is 11.5 Å². The van der Waals surface area contributed by atoms with Crippen LogP contribution in [0, 0.1) is 17.8 Å². The van der Waals surface area contributed by atoms with E-state index in [0.717, 1.165) is 36.7 Å². The van der Waals surface area contributed by atoms with Gasteiger partial charge in [0.05, 0.1) is 0 Å². The minimum absolute atomic E-state index is 0.0706. The highest BCUT2D eigenvalue weighted by Gasteiger charge is 2.36. The Bertz CT molecular complexity index is 729. The predicted molar refractivity (Wildman–Crippen MR) is 112 cm³/mol. The Balaban J connectivity index is 1.65. The summed E-state index contributed by atoms with van der Waals surface area (Å²) in [6, 6.07) is 5.94. The van der Waals surface area contributed by atoms with Crippen molar-refractivity contribution in [3.05, 3.63) is 18.2 Å². The Hall–Kier alpha value is -2.44. The second-order valence-electron chi connectivity index (χ2n) is 8.38. The van der Waals surface area contributed by atoms with E-state index in [2.05, 4.69) is 18.7 Å². The number of hydrogen-bond donors (Lipinski definition) is 1. The molecular formula is C22H33N3O4. The standard InChI is InChI=1S/C22H33N3O4/c1-4-5-17(21(23)26)18(12-15(2)3)22(27)25-10-8-24(9-11-25)16-6-7-19-20(13-16)29-14-28-19/h6-7,13,15,17-18H,4-5,8-12,14H2,1-3H3,(H2,23,26)/t17-,18+/m0/s1. The first-order chi connectivity index (χ1) is 13.9. The molecule has 1 fully saturated rings. The second-order valence-corrected chi connectivity index (χ2v) is 8.38. The number of hydrogen-bond acceptors (Lipinski definition) is 5. The van der Waals surface area contributed by atoms with E-state index in [1.54, 1.807) is 0 Å². The molecule has 29 heavy (non-hydrogen) atoms. The third kappa shape index (κ3) is 4.95. The SMILES string of the molecule is CCC[C@H](C(N)=O)[C@@H](CC(C)C)C(=O)N1CCN(c2ccc3c(c2)OCO3)CC1. The van der Waals surface area contributed by atoms with Crippen LogP contribution in [0.1, 0.15) is 40.0 Å². The molecule has 1 aromatic rings. The van der Waals surface area contributed by atoms with Crippen LogP contribution in [0.3, 0.4) is 0 Å². The molecule has 2 aliphatic heterocycles. The molecule has 0 radical (unpaired) electrons. The van der Waals surface area contributed by atoms with Gasteiger partial charge >= 0.3 is 0 Å². The smallest absolute Gasteiger partial charge is 0.231 e. The van der Waals surface area contributed by atoms with E-state index in [1.807, 2.05) is 30.0 Å². The quantitative estimate of drug-likeness (QED) is 0.721. The van der Waals surface area contributed by atoms with Crippen molar-refractivity contribution >= 4 is 17.5 Å². The third-order valence-electron chi connectivity index (χ3n) is 5.81. The van der Waals surface area contributed by atoms with E-state index < -0.39 is 0 Å². The van der Waals surface area contributed by atoms with E-state index in [0.29, 0.717) is 31.8 Å². The number of nitrogens with zero attached hydrogens (tertiary/aromatic N) is 2. The number of piperazine rings is 1. The number of carbonyl (C=O) groups is 2. The van der Waals surface area contributed by atoms with Gasteiger partial charge in [-0.3, -0.25) is 9.59 Å². The highest BCUT2D eigenvalue weighted by molar-refractivity contribution is 5.87. The summed E-state index contributed by atoms with van der Waals surface area (Å²) < 4.78 is 10.8. The molecule has 2 N–H and O–H groups in total. The van der Waals surface area contributed by atoms with Gasteiger partial charge in [0.1, 0.15) is 0 Å². The number of nitrogens with two attached hydrogens (primary N) is 1. The topological polar surface area (TPSA) is 85.1 Å². The minimum Gasteiger partial charge on any atom is -0.454 e. The molecule has 2 aliphatic rings. The molecule has 0 aromatic heterocycles.